The van der Waals surface area contributed by atoms with Crippen LogP contribution in [0.2, 0.25) is 0 Å². The number of carboxylic acids is 1. The van der Waals surface area contributed by atoms with Gasteiger partial charge in [-0.1, -0.05) is 12.1 Å². The Morgan fingerprint density at radius 2 is 1.79 bits per heavy atom. The van der Waals surface area contributed by atoms with Crippen LogP contribution in [0, 0.1) is 5.82 Å². The van der Waals surface area contributed by atoms with Crippen molar-refractivity contribution in [2.75, 3.05) is 0 Å². The molecule has 1 aromatic heterocycles. The first-order valence-electron chi connectivity index (χ1n) is 5.76. The predicted molar refractivity (Wildman–Crippen MR) is 70.2 cm³/mol. The molecule has 0 aliphatic carbocycles. The predicted octanol–water partition coefficient (Wildman–Crippen LogP) is 3.47. The van der Waals surface area contributed by atoms with Crippen LogP contribution in [0.15, 0.2) is 54.7 Å². The first-order valence-corrected chi connectivity index (χ1v) is 5.76. The summed E-state index contributed by atoms with van der Waals surface area (Å²) >= 11 is 0. The molecule has 3 nitrogen and oxygen atoms in total. The SMILES string of the molecule is O=C(O)c1ccc(-n2ccc3cccc(F)c32)cc1. The molecule has 3 rings (SSSR count). The largest absolute Gasteiger partial charge is 0.478 e. The molecule has 3 aromatic rings. The lowest BCUT2D eigenvalue weighted by Crippen LogP contribution is -1.98. The van der Waals surface area contributed by atoms with Crippen LogP contribution in [0.5, 0.6) is 0 Å². The zero-order valence-corrected chi connectivity index (χ0v) is 9.88. The zero-order chi connectivity index (χ0) is 13.4. The highest BCUT2D eigenvalue weighted by molar-refractivity contribution is 5.88. The highest BCUT2D eigenvalue weighted by Crippen LogP contribution is 2.23. The topological polar surface area (TPSA) is 42.2 Å². The fourth-order valence-electron chi connectivity index (χ4n) is 2.13. The summed E-state index contributed by atoms with van der Waals surface area (Å²) in [4.78, 5) is 10.8. The number of para-hydroxylation sites is 1. The highest BCUT2D eigenvalue weighted by atomic mass is 19.1. The number of halogens is 1. The van der Waals surface area contributed by atoms with Gasteiger partial charge in [0.25, 0.3) is 0 Å². The number of benzene rings is 2. The van der Waals surface area contributed by atoms with E-state index in [-0.39, 0.29) is 11.4 Å². The number of carbonyl (C=O) groups is 1. The maximum atomic E-state index is 13.9. The van der Waals surface area contributed by atoms with E-state index in [1.807, 2.05) is 12.1 Å². The van der Waals surface area contributed by atoms with Gasteiger partial charge in [-0.15, -0.1) is 0 Å². The van der Waals surface area contributed by atoms with Gasteiger partial charge in [-0.3, -0.25) is 0 Å². The average molecular weight is 255 g/mol. The molecular weight excluding hydrogens is 245 g/mol. The van der Waals surface area contributed by atoms with E-state index in [4.69, 9.17) is 5.11 Å². The molecule has 0 saturated carbocycles. The van der Waals surface area contributed by atoms with Gasteiger partial charge < -0.3 is 9.67 Å². The Bertz CT molecular complexity index is 759. The second kappa shape index (κ2) is 4.24. The number of hydrogen-bond acceptors (Lipinski definition) is 1. The Morgan fingerprint density at radius 1 is 1.05 bits per heavy atom. The second-order valence-corrected chi connectivity index (χ2v) is 4.22. The van der Waals surface area contributed by atoms with Crippen LogP contribution in [-0.4, -0.2) is 15.6 Å². The quantitative estimate of drug-likeness (QED) is 0.761. The summed E-state index contributed by atoms with van der Waals surface area (Å²) in [5.74, 6) is -1.28. The lowest BCUT2D eigenvalue weighted by atomic mass is 10.2. The van der Waals surface area contributed by atoms with E-state index >= 15 is 0 Å². The van der Waals surface area contributed by atoms with E-state index in [0.717, 1.165) is 11.1 Å². The van der Waals surface area contributed by atoms with E-state index in [2.05, 4.69) is 0 Å². The van der Waals surface area contributed by atoms with Crippen molar-refractivity contribution >= 4 is 16.9 Å². The van der Waals surface area contributed by atoms with Gasteiger partial charge in [0.2, 0.25) is 0 Å². The van der Waals surface area contributed by atoms with Crippen LogP contribution in [0.25, 0.3) is 16.6 Å². The Kier molecular flexibility index (Phi) is 2.56. The van der Waals surface area contributed by atoms with Gasteiger partial charge in [0.1, 0.15) is 5.82 Å². The van der Waals surface area contributed by atoms with Gasteiger partial charge in [-0.05, 0) is 36.4 Å². The minimum Gasteiger partial charge on any atom is -0.478 e. The zero-order valence-electron chi connectivity index (χ0n) is 9.88. The Hall–Kier alpha value is -2.62. The van der Waals surface area contributed by atoms with Crippen molar-refractivity contribution in [3.05, 3.63) is 66.1 Å². The fourth-order valence-corrected chi connectivity index (χ4v) is 2.13. The molecule has 0 unspecified atom stereocenters. The normalized spacial score (nSPS) is 10.8. The van der Waals surface area contributed by atoms with Crippen molar-refractivity contribution in [3.8, 4) is 5.69 Å². The Balaban J connectivity index is 2.16. The van der Waals surface area contributed by atoms with E-state index in [9.17, 15) is 9.18 Å². The van der Waals surface area contributed by atoms with Crippen LogP contribution in [0.1, 0.15) is 10.4 Å². The summed E-state index contributed by atoms with van der Waals surface area (Å²) in [7, 11) is 0. The Labute approximate surface area is 108 Å². The van der Waals surface area contributed by atoms with Crippen LogP contribution in [0.3, 0.4) is 0 Å². The standard InChI is InChI=1S/C15H10FNO2/c16-13-3-1-2-10-8-9-17(14(10)13)12-6-4-11(5-7-12)15(18)19/h1-9H,(H,18,19). The number of rotatable bonds is 2. The molecule has 0 radical (unpaired) electrons. The molecule has 19 heavy (non-hydrogen) atoms. The van der Waals surface area contributed by atoms with Gasteiger partial charge in [-0.2, -0.15) is 0 Å². The number of hydrogen-bond donors (Lipinski definition) is 1. The number of fused-ring (bicyclic) bond motifs is 1. The molecule has 0 bridgehead atoms. The van der Waals surface area contributed by atoms with E-state index in [1.165, 1.54) is 18.2 Å². The summed E-state index contributed by atoms with van der Waals surface area (Å²) < 4.78 is 15.6. The monoisotopic (exact) mass is 255 g/mol. The number of carboxylic acid groups (broad SMARTS) is 1. The summed E-state index contributed by atoms with van der Waals surface area (Å²) in [6, 6.07) is 13.1. The van der Waals surface area contributed by atoms with Crippen LogP contribution < -0.4 is 0 Å². The number of nitrogens with zero attached hydrogens (tertiary/aromatic N) is 1. The van der Waals surface area contributed by atoms with Gasteiger partial charge in [0.05, 0.1) is 11.1 Å². The fraction of sp³-hybridized carbons (Fsp3) is 0. The Morgan fingerprint density at radius 3 is 2.47 bits per heavy atom. The van der Waals surface area contributed by atoms with Crippen LogP contribution in [-0.2, 0) is 0 Å². The van der Waals surface area contributed by atoms with Crippen molar-refractivity contribution in [3.63, 3.8) is 0 Å². The third kappa shape index (κ3) is 1.87. The number of aromatic carboxylic acids is 1. The van der Waals surface area contributed by atoms with Gasteiger partial charge in [0.15, 0.2) is 0 Å². The lowest BCUT2D eigenvalue weighted by molar-refractivity contribution is 0.0697. The third-order valence-corrected chi connectivity index (χ3v) is 3.05. The van der Waals surface area contributed by atoms with E-state index < -0.39 is 5.97 Å². The van der Waals surface area contributed by atoms with Gasteiger partial charge >= 0.3 is 5.97 Å². The van der Waals surface area contributed by atoms with Crippen molar-refractivity contribution in [2.45, 2.75) is 0 Å². The molecular formula is C15H10FNO2. The molecule has 0 saturated heterocycles. The molecule has 4 heteroatoms. The molecule has 94 valence electrons. The molecule has 0 spiro atoms. The average Bonchev–Trinajstić information content (AvgIpc) is 2.84. The molecule has 0 aliphatic heterocycles. The third-order valence-electron chi connectivity index (χ3n) is 3.05. The highest BCUT2D eigenvalue weighted by Gasteiger charge is 2.08. The lowest BCUT2D eigenvalue weighted by Gasteiger charge is -2.06. The molecule has 0 atom stereocenters. The van der Waals surface area contributed by atoms with Crippen molar-refractivity contribution in [1.29, 1.82) is 0 Å². The molecule has 0 amide bonds. The molecule has 0 aliphatic rings. The summed E-state index contributed by atoms with van der Waals surface area (Å²) in [5.41, 5.74) is 1.43. The first-order chi connectivity index (χ1) is 9.16. The maximum absolute atomic E-state index is 13.9. The smallest absolute Gasteiger partial charge is 0.335 e. The first kappa shape index (κ1) is 11.5. The van der Waals surface area contributed by atoms with Crippen LogP contribution >= 0.6 is 0 Å². The molecule has 0 fully saturated rings. The molecule has 2 aromatic carbocycles. The van der Waals surface area contributed by atoms with Gasteiger partial charge in [-0.25, -0.2) is 9.18 Å². The number of aromatic nitrogens is 1. The van der Waals surface area contributed by atoms with Crippen LogP contribution in [0.4, 0.5) is 4.39 Å². The second-order valence-electron chi connectivity index (χ2n) is 4.22. The van der Waals surface area contributed by atoms with E-state index in [1.54, 1.807) is 29.0 Å². The summed E-state index contributed by atoms with van der Waals surface area (Å²) in [5, 5.41) is 9.66. The van der Waals surface area contributed by atoms with Crippen molar-refractivity contribution in [2.24, 2.45) is 0 Å². The summed E-state index contributed by atoms with van der Waals surface area (Å²) in [6.07, 6.45) is 1.77. The minimum absolute atomic E-state index is 0.209. The summed E-state index contributed by atoms with van der Waals surface area (Å²) in [6.45, 7) is 0. The molecule has 1 N–H and O–H groups in total. The maximum Gasteiger partial charge on any atom is 0.335 e. The minimum atomic E-state index is -0.977. The van der Waals surface area contributed by atoms with E-state index in [0.29, 0.717) is 5.52 Å². The van der Waals surface area contributed by atoms with Crippen molar-refractivity contribution < 1.29 is 14.3 Å². The van der Waals surface area contributed by atoms with Gasteiger partial charge in [0, 0.05) is 17.3 Å². The molecule has 1 heterocycles. The van der Waals surface area contributed by atoms with Crippen molar-refractivity contribution in [1.82, 2.24) is 4.57 Å².